The highest BCUT2D eigenvalue weighted by Crippen LogP contribution is 2.23. The van der Waals surface area contributed by atoms with E-state index in [-0.39, 0.29) is 11.7 Å². The number of carbonyl (C=O) groups excluding carboxylic acids is 1. The van der Waals surface area contributed by atoms with Gasteiger partial charge in [-0.15, -0.1) is 0 Å². The van der Waals surface area contributed by atoms with Crippen LogP contribution in [-0.2, 0) is 4.79 Å². The monoisotopic (exact) mass is 318 g/mol. The zero-order chi connectivity index (χ0) is 16.5. The van der Waals surface area contributed by atoms with Gasteiger partial charge >= 0.3 is 0 Å². The normalized spacial score (nSPS) is 10.1. The van der Waals surface area contributed by atoms with Crippen molar-refractivity contribution in [2.45, 2.75) is 33.6 Å². The molecule has 0 saturated heterocycles. The molecule has 0 aliphatic heterocycles. The minimum absolute atomic E-state index is 0.187. The summed E-state index contributed by atoms with van der Waals surface area (Å²) in [6, 6.07) is 6.63. The van der Waals surface area contributed by atoms with Gasteiger partial charge in [-0.25, -0.2) is 0 Å². The van der Waals surface area contributed by atoms with Crippen LogP contribution in [0.4, 0.5) is 0 Å². The molecule has 0 spiro atoms. The van der Waals surface area contributed by atoms with Gasteiger partial charge in [-0.05, 0) is 44.0 Å². The van der Waals surface area contributed by atoms with Crippen LogP contribution in [0.1, 0.15) is 39.2 Å². The van der Waals surface area contributed by atoms with E-state index in [9.17, 15) is 4.79 Å². The molecule has 0 unspecified atom stereocenters. The number of ether oxygens (including phenoxy) is 1. The molecule has 116 valence electrons. The molecule has 0 bridgehead atoms. The molecule has 0 saturated carbocycles. The third-order valence-electron chi connectivity index (χ3n) is 2.67. The van der Waals surface area contributed by atoms with Gasteiger partial charge in [0.05, 0.1) is 11.6 Å². The molecule has 1 rings (SSSR count). The number of amides is 1. The lowest BCUT2D eigenvalue weighted by Gasteiger charge is -2.11. The standard InChI is InChI=1S/C17H19ClN2O2/c1-4-5-6-7-20-17(21)16(12(2)3)22-15-9-13(11-19)8-14(18)10-15/h6-10H,4-5H2,1-3H3,(H,20,21). The first-order valence-electron chi connectivity index (χ1n) is 6.99. The van der Waals surface area contributed by atoms with E-state index >= 15 is 0 Å². The molecule has 4 nitrogen and oxygen atoms in total. The predicted octanol–water partition coefficient (Wildman–Crippen LogP) is 4.31. The molecule has 0 radical (unpaired) electrons. The molecule has 1 N–H and O–H groups in total. The van der Waals surface area contributed by atoms with Crippen molar-refractivity contribution in [2.24, 2.45) is 0 Å². The van der Waals surface area contributed by atoms with E-state index in [2.05, 4.69) is 12.2 Å². The summed E-state index contributed by atoms with van der Waals surface area (Å²) in [6.45, 7) is 5.61. The summed E-state index contributed by atoms with van der Waals surface area (Å²) >= 11 is 5.93. The average molecular weight is 319 g/mol. The van der Waals surface area contributed by atoms with Crippen molar-refractivity contribution in [1.82, 2.24) is 5.32 Å². The number of nitriles is 1. The van der Waals surface area contributed by atoms with Crippen molar-refractivity contribution in [3.63, 3.8) is 0 Å². The lowest BCUT2D eigenvalue weighted by Crippen LogP contribution is -2.23. The highest BCUT2D eigenvalue weighted by Gasteiger charge is 2.13. The van der Waals surface area contributed by atoms with Crippen molar-refractivity contribution in [1.29, 1.82) is 5.26 Å². The largest absolute Gasteiger partial charge is 0.452 e. The van der Waals surface area contributed by atoms with Gasteiger partial charge in [0.2, 0.25) is 0 Å². The van der Waals surface area contributed by atoms with Crippen LogP contribution in [-0.4, -0.2) is 5.91 Å². The molecule has 1 aromatic rings. The van der Waals surface area contributed by atoms with E-state index in [1.165, 1.54) is 12.1 Å². The molecule has 0 fully saturated rings. The Morgan fingerprint density at radius 1 is 1.41 bits per heavy atom. The van der Waals surface area contributed by atoms with Crippen LogP contribution >= 0.6 is 11.6 Å². The van der Waals surface area contributed by atoms with E-state index in [0.29, 0.717) is 16.3 Å². The summed E-state index contributed by atoms with van der Waals surface area (Å²) in [5.41, 5.74) is 1.10. The van der Waals surface area contributed by atoms with Crippen LogP contribution in [0, 0.1) is 11.3 Å². The Bertz CT molecular complexity index is 639. The zero-order valence-electron chi connectivity index (χ0n) is 12.9. The average Bonchev–Trinajstić information content (AvgIpc) is 2.48. The molecule has 0 aliphatic rings. The van der Waals surface area contributed by atoms with Crippen molar-refractivity contribution in [3.8, 4) is 11.8 Å². The first kappa shape index (κ1) is 17.8. The maximum absolute atomic E-state index is 12.1. The third kappa shape index (κ3) is 5.63. The predicted molar refractivity (Wildman–Crippen MR) is 87.4 cm³/mol. The van der Waals surface area contributed by atoms with E-state index < -0.39 is 0 Å². The highest BCUT2D eigenvalue weighted by molar-refractivity contribution is 6.30. The lowest BCUT2D eigenvalue weighted by atomic mass is 10.2. The summed E-state index contributed by atoms with van der Waals surface area (Å²) in [5.74, 6) is 0.200. The minimum atomic E-state index is -0.342. The molecule has 0 heterocycles. The number of nitrogens with one attached hydrogen (secondary N) is 1. The lowest BCUT2D eigenvalue weighted by molar-refractivity contribution is -0.118. The van der Waals surface area contributed by atoms with Gasteiger partial charge in [-0.2, -0.15) is 5.26 Å². The van der Waals surface area contributed by atoms with E-state index in [1.807, 2.05) is 12.1 Å². The van der Waals surface area contributed by atoms with Gasteiger partial charge < -0.3 is 10.1 Å². The molecule has 0 aliphatic carbocycles. The quantitative estimate of drug-likeness (QED) is 0.627. The van der Waals surface area contributed by atoms with E-state index in [1.54, 1.807) is 26.1 Å². The Balaban J connectivity index is 2.91. The topological polar surface area (TPSA) is 62.1 Å². The molecule has 0 atom stereocenters. The van der Waals surface area contributed by atoms with Gasteiger partial charge in [0, 0.05) is 11.2 Å². The van der Waals surface area contributed by atoms with Crippen molar-refractivity contribution >= 4 is 17.5 Å². The summed E-state index contributed by atoms with van der Waals surface area (Å²) in [6.07, 6.45) is 5.40. The van der Waals surface area contributed by atoms with Crippen LogP contribution < -0.4 is 10.1 Å². The number of carbonyl (C=O) groups is 1. The summed E-state index contributed by atoms with van der Waals surface area (Å²) in [5, 5.41) is 12.0. The van der Waals surface area contributed by atoms with Crippen molar-refractivity contribution in [2.75, 3.05) is 0 Å². The third-order valence-corrected chi connectivity index (χ3v) is 2.89. The molecule has 22 heavy (non-hydrogen) atoms. The molecular formula is C17H19ClN2O2. The number of hydrogen-bond acceptors (Lipinski definition) is 3. The Morgan fingerprint density at radius 2 is 2.14 bits per heavy atom. The molecular weight excluding hydrogens is 300 g/mol. The summed E-state index contributed by atoms with van der Waals surface area (Å²) < 4.78 is 5.62. The second kappa shape index (κ2) is 8.91. The smallest absolute Gasteiger partial charge is 0.290 e. The van der Waals surface area contributed by atoms with Crippen LogP contribution in [0.2, 0.25) is 5.02 Å². The number of benzene rings is 1. The van der Waals surface area contributed by atoms with Gasteiger partial charge in [-0.1, -0.05) is 31.0 Å². The fraction of sp³-hybridized carbons (Fsp3) is 0.294. The number of halogens is 1. The van der Waals surface area contributed by atoms with Gasteiger partial charge in [0.25, 0.3) is 5.91 Å². The van der Waals surface area contributed by atoms with Crippen molar-refractivity contribution in [3.05, 3.63) is 52.4 Å². The van der Waals surface area contributed by atoms with Crippen LogP contribution in [0.5, 0.6) is 5.75 Å². The number of nitrogens with zero attached hydrogens (tertiary/aromatic N) is 1. The zero-order valence-corrected chi connectivity index (χ0v) is 13.7. The van der Waals surface area contributed by atoms with E-state index in [4.69, 9.17) is 21.6 Å². The summed E-state index contributed by atoms with van der Waals surface area (Å²) in [4.78, 5) is 12.1. The van der Waals surface area contributed by atoms with Crippen molar-refractivity contribution < 1.29 is 9.53 Å². The SMILES string of the molecule is CCCC=CNC(=O)C(Oc1cc(Cl)cc(C#N)c1)=C(C)C. The van der Waals surface area contributed by atoms with Gasteiger partial charge in [-0.3, -0.25) is 4.79 Å². The Kier molecular flexibility index (Phi) is 7.21. The van der Waals surface area contributed by atoms with Gasteiger partial charge in [0.15, 0.2) is 5.76 Å². The highest BCUT2D eigenvalue weighted by atomic mass is 35.5. The Morgan fingerprint density at radius 3 is 2.73 bits per heavy atom. The number of allylic oxidation sites excluding steroid dienone is 2. The van der Waals surface area contributed by atoms with Crippen LogP contribution in [0.15, 0.2) is 41.8 Å². The van der Waals surface area contributed by atoms with E-state index in [0.717, 1.165) is 18.4 Å². The molecule has 1 aromatic carbocycles. The maximum atomic E-state index is 12.1. The molecule has 1 amide bonds. The van der Waals surface area contributed by atoms with Crippen LogP contribution in [0.25, 0.3) is 0 Å². The Hall–Kier alpha value is -2.25. The first-order valence-corrected chi connectivity index (χ1v) is 7.37. The first-order chi connectivity index (χ1) is 10.5. The number of hydrogen-bond donors (Lipinski definition) is 1. The Labute approximate surface area is 136 Å². The summed E-state index contributed by atoms with van der Waals surface area (Å²) in [7, 11) is 0. The molecule has 0 aromatic heterocycles. The second-order valence-electron chi connectivity index (χ2n) is 4.88. The van der Waals surface area contributed by atoms with Crippen LogP contribution in [0.3, 0.4) is 0 Å². The maximum Gasteiger partial charge on any atom is 0.290 e. The second-order valence-corrected chi connectivity index (χ2v) is 5.32. The minimum Gasteiger partial charge on any atom is -0.452 e. The number of rotatable bonds is 6. The number of unbranched alkanes of at least 4 members (excludes halogenated alkanes) is 1. The fourth-order valence-electron chi connectivity index (χ4n) is 1.63. The molecule has 5 heteroatoms. The van der Waals surface area contributed by atoms with Gasteiger partial charge in [0.1, 0.15) is 5.75 Å². The fourth-order valence-corrected chi connectivity index (χ4v) is 1.85.